The number of rotatable bonds is 4. The fourth-order valence-electron chi connectivity index (χ4n) is 3.84. The largest absolute Gasteiger partial charge is 0.418 e. The van der Waals surface area contributed by atoms with Crippen LogP contribution in [-0.4, -0.2) is 37.6 Å². The normalized spacial score (nSPS) is 15.3. The molecule has 0 saturated carbocycles. The van der Waals surface area contributed by atoms with Gasteiger partial charge in [0, 0.05) is 36.8 Å². The molecule has 0 aliphatic carbocycles. The predicted molar refractivity (Wildman–Crippen MR) is 119 cm³/mol. The Morgan fingerprint density at radius 2 is 2.00 bits per heavy atom. The van der Waals surface area contributed by atoms with Crippen LogP contribution < -0.4 is 5.32 Å². The van der Waals surface area contributed by atoms with E-state index >= 15 is 0 Å². The van der Waals surface area contributed by atoms with Gasteiger partial charge in [-0.3, -0.25) is 0 Å². The van der Waals surface area contributed by atoms with Crippen LogP contribution in [0.3, 0.4) is 0 Å². The van der Waals surface area contributed by atoms with Gasteiger partial charge in [0.1, 0.15) is 5.82 Å². The number of para-hydroxylation sites is 1. The Kier molecular flexibility index (Phi) is 6.29. The van der Waals surface area contributed by atoms with Crippen molar-refractivity contribution in [3.63, 3.8) is 0 Å². The van der Waals surface area contributed by atoms with Crippen LogP contribution in [0.4, 0.5) is 18.9 Å². The van der Waals surface area contributed by atoms with E-state index in [-0.39, 0.29) is 11.6 Å². The maximum absolute atomic E-state index is 13.2. The fraction of sp³-hybridized carbons (Fsp3) is 0.381. The van der Waals surface area contributed by atoms with E-state index < -0.39 is 11.7 Å². The van der Waals surface area contributed by atoms with Crippen LogP contribution >= 0.6 is 23.6 Å². The fourth-order valence-corrected chi connectivity index (χ4v) is 4.74. The molecule has 1 saturated heterocycles. The molecular weight excluding hydrogens is 443 g/mol. The molecule has 3 aromatic rings. The van der Waals surface area contributed by atoms with Gasteiger partial charge < -0.3 is 14.8 Å². The lowest BCUT2D eigenvalue weighted by Crippen LogP contribution is -2.41. The van der Waals surface area contributed by atoms with Crippen LogP contribution in [0.2, 0.25) is 0 Å². The zero-order valence-electron chi connectivity index (χ0n) is 16.9. The van der Waals surface area contributed by atoms with Gasteiger partial charge in [-0.15, -0.1) is 11.3 Å². The Hall–Kier alpha value is -2.46. The Bertz CT molecular complexity index is 1050. The lowest BCUT2D eigenvalue weighted by molar-refractivity contribution is -0.136. The van der Waals surface area contributed by atoms with Crippen LogP contribution in [-0.2, 0) is 12.7 Å². The number of alkyl halides is 3. The molecule has 3 heterocycles. The Balaban J connectivity index is 1.38. The number of hydrogen-bond acceptors (Lipinski definition) is 4. The molecule has 5 nitrogen and oxygen atoms in total. The number of thiazole rings is 1. The van der Waals surface area contributed by atoms with E-state index in [1.54, 1.807) is 23.6 Å². The Morgan fingerprint density at radius 1 is 1.26 bits per heavy atom. The highest BCUT2D eigenvalue weighted by Crippen LogP contribution is 2.35. The summed E-state index contributed by atoms with van der Waals surface area (Å²) >= 11 is 7.04. The van der Waals surface area contributed by atoms with E-state index in [1.807, 2.05) is 18.0 Å². The summed E-state index contributed by atoms with van der Waals surface area (Å²) in [6.45, 7) is 4.00. The van der Waals surface area contributed by atoms with Crippen LogP contribution in [0.1, 0.15) is 40.8 Å². The molecule has 0 unspecified atom stereocenters. The lowest BCUT2D eigenvalue weighted by Gasteiger charge is -2.34. The number of anilines is 1. The predicted octanol–water partition coefficient (Wildman–Crippen LogP) is 5.29. The van der Waals surface area contributed by atoms with Crippen molar-refractivity contribution in [1.82, 2.24) is 19.4 Å². The monoisotopic (exact) mass is 465 g/mol. The number of aryl methyl sites for hydroxylation is 1. The number of aromatic nitrogens is 3. The summed E-state index contributed by atoms with van der Waals surface area (Å²) in [6.07, 6.45) is 1.00. The summed E-state index contributed by atoms with van der Waals surface area (Å²) in [7, 11) is 0. The molecule has 0 bridgehead atoms. The third kappa shape index (κ3) is 5.07. The molecule has 2 aromatic heterocycles. The standard InChI is InChI=1S/C21H22F3N5S2/c1-14-26-16(13-31-14)12-29-11-8-25-19(29)15-6-9-28(10-7-15)20(30)27-18-5-3-2-4-17(18)21(22,23)24/h2-5,8,11,13,15H,6-7,9-10,12H2,1H3,(H,27,30). The number of nitrogens with one attached hydrogen (secondary N) is 1. The summed E-state index contributed by atoms with van der Waals surface area (Å²) in [5.74, 6) is 1.29. The third-order valence-electron chi connectivity index (χ3n) is 5.37. The number of piperidine rings is 1. The molecule has 1 aliphatic rings. The quantitative estimate of drug-likeness (QED) is 0.531. The zero-order chi connectivity index (χ0) is 22.0. The number of halogens is 3. The molecule has 31 heavy (non-hydrogen) atoms. The van der Waals surface area contributed by atoms with Gasteiger partial charge in [0.15, 0.2) is 5.11 Å². The lowest BCUT2D eigenvalue weighted by atomic mass is 9.96. The smallest absolute Gasteiger partial charge is 0.349 e. The average Bonchev–Trinajstić information content (AvgIpc) is 3.37. The van der Waals surface area contributed by atoms with Crippen molar-refractivity contribution < 1.29 is 13.2 Å². The Labute approximate surface area is 187 Å². The van der Waals surface area contributed by atoms with E-state index in [0.717, 1.165) is 35.4 Å². The molecule has 0 spiro atoms. The maximum atomic E-state index is 13.2. The number of likely N-dealkylation sites (tertiary alicyclic amines) is 1. The number of imidazole rings is 1. The summed E-state index contributed by atoms with van der Waals surface area (Å²) in [5.41, 5.74) is 0.288. The molecule has 1 aliphatic heterocycles. The van der Waals surface area contributed by atoms with Crippen LogP contribution in [0.5, 0.6) is 0 Å². The minimum absolute atomic E-state index is 0.0174. The molecule has 164 valence electrons. The minimum atomic E-state index is -4.43. The number of hydrogen-bond donors (Lipinski definition) is 1. The van der Waals surface area contributed by atoms with Gasteiger partial charge in [0.05, 0.1) is 28.5 Å². The van der Waals surface area contributed by atoms with Crippen molar-refractivity contribution in [2.24, 2.45) is 0 Å². The van der Waals surface area contributed by atoms with E-state index in [9.17, 15) is 13.2 Å². The van der Waals surface area contributed by atoms with Gasteiger partial charge in [-0.2, -0.15) is 13.2 Å². The van der Waals surface area contributed by atoms with Gasteiger partial charge >= 0.3 is 6.18 Å². The average molecular weight is 466 g/mol. The van der Waals surface area contributed by atoms with E-state index in [2.05, 4.69) is 25.2 Å². The van der Waals surface area contributed by atoms with E-state index in [1.165, 1.54) is 12.1 Å². The number of benzene rings is 1. The van der Waals surface area contributed by atoms with Crippen LogP contribution in [0.15, 0.2) is 42.0 Å². The zero-order valence-corrected chi connectivity index (χ0v) is 18.5. The molecule has 4 rings (SSSR count). The molecule has 1 fully saturated rings. The molecule has 1 N–H and O–H groups in total. The van der Waals surface area contributed by atoms with Crippen molar-refractivity contribution in [3.05, 3.63) is 64.1 Å². The van der Waals surface area contributed by atoms with Gasteiger partial charge in [-0.1, -0.05) is 12.1 Å². The first-order chi connectivity index (χ1) is 14.8. The highest BCUT2D eigenvalue weighted by atomic mass is 32.1. The topological polar surface area (TPSA) is 46.0 Å². The van der Waals surface area contributed by atoms with Crippen LogP contribution in [0.25, 0.3) is 0 Å². The molecule has 10 heteroatoms. The van der Waals surface area contributed by atoms with Crippen molar-refractivity contribution in [1.29, 1.82) is 0 Å². The van der Waals surface area contributed by atoms with Crippen molar-refractivity contribution in [2.75, 3.05) is 18.4 Å². The van der Waals surface area contributed by atoms with Crippen LogP contribution in [0, 0.1) is 6.92 Å². The highest BCUT2D eigenvalue weighted by Gasteiger charge is 2.34. The van der Waals surface area contributed by atoms with Gasteiger partial charge in [-0.25, -0.2) is 9.97 Å². The molecular formula is C21H22F3N5S2. The second-order valence-corrected chi connectivity index (χ2v) is 8.95. The second kappa shape index (κ2) is 8.96. The summed E-state index contributed by atoms with van der Waals surface area (Å²) in [6, 6.07) is 5.40. The molecule has 0 atom stereocenters. The summed E-state index contributed by atoms with van der Waals surface area (Å²) < 4.78 is 41.8. The second-order valence-electron chi connectivity index (χ2n) is 7.51. The van der Waals surface area contributed by atoms with Gasteiger partial charge in [-0.05, 0) is 44.1 Å². The first kappa shape index (κ1) is 21.8. The van der Waals surface area contributed by atoms with E-state index in [4.69, 9.17) is 12.2 Å². The van der Waals surface area contributed by atoms with Gasteiger partial charge in [0.2, 0.25) is 0 Å². The molecule has 1 aromatic carbocycles. The Morgan fingerprint density at radius 3 is 2.68 bits per heavy atom. The number of thiocarbonyl (C=S) groups is 1. The van der Waals surface area contributed by atoms with Crippen molar-refractivity contribution >= 4 is 34.4 Å². The van der Waals surface area contributed by atoms with Gasteiger partial charge in [0.25, 0.3) is 0 Å². The summed E-state index contributed by atoms with van der Waals surface area (Å²) in [5, 5.41) is 6.21. The maximum Gasteiger partial charge on any atom is 0.418 e. The summed E-state index contributed by atoms with van der Waals surface area (Å²) in [4.78, 5) is 11.0. The van der Waals surface area contributed by atoms with Crippen molar-refractivity contribution in [3.8, 4) is 0 Å². The van der Waals surface area contributed by atoms with Crippen molar-refractivity contribution in [2.45, 2.75) is 38.4 Å². The first-order valence-electron chi connectivity index (χ1n) is 9.95. The first-order valence-corrected chi connectivity index (χ1v) is 11.2. The SMILES string of the molecule is Cc1nc(Cn2ccnc2C2CCN(C(=S)Nc3ccccc3C(F)(F)F)CC2)cs1. The molecule has 0 amide bonds. The minimum Gasteiger partial charge on any atom is -0.349 e. The molecule has 0 radical (unpaired) electrons. The highest BCUT2D eigenvalue weighted by molar-refractivity contribution is 7.80. The van der Waals surface area contributed by atoms with E-state index in [0.29, 0.717) is 24.7 Å². The number of nitrogens with zero attached hydrogens (tertiary/aromatic N) is 4. The third-order valence-corrected chi connectivity index (χ3v) is 6.55.